The first-order chi connectivity index (χ1) is 8.09. The van der Waals surface area contributed by atoms with Crippen LogP contribution in [0.25, 0.3) is 0 Å². The molecular formula is C12H19F2N3. The monoisotopic (exact) mass is 243 g/mol. The highest BCUT2D eigenvalue weighted by Crippen LogP contribution is 2.37. The zero-order chi connectivity index (χ0) is 12.3. The van der Waals surface area contributed by atoms with Gasteiger partial charge < -0.3 is 5.73 Å². The van der Waals surface area contributed by atoms with Crippen molar-refractivity contribution in [3.63, 3.8) is 0 Å². The Morgan fingerprint density at radius 2 is 2.35 bits per heavy atom. The van der Waals surface area contributed by atoms with Crippen LogP contribution in [-0.2, 0) is 13.0 Å². The molecule has 1 aromatic rings. The average Bonchev–Trinajstić information content (AvgIpc) is 2.64. The summed E-state index contributed by atoms with van der Waals surface area (Å²) in [5.74, 6) is -2.43. The third-order valence-electron chi connectivity index (χ3n) is 3.31. The van der Waals surface area contributed by atoms with Gasteiger partial charge in [-0.05, 0) is 37.3 Å². The van der Waals surface area contributed by atoms with Gasteiger partial charge in [-0.25, -0.2) is 8.78 Å². The number of nitrogens with two attached hydrogens (primary N) is 1. The quantitative estimate of drug-likeness (QED) is 0.881. The minimum absolute atomic E-state index is 0.000910. The van der Waals surface area contributed by atoms with Gasteiger partial charge in [-0.1, -0.05) is 0 Å². The maximum absolute atomic E-state index is 13.2. The Morgan fingerprint density at radius 1 is 1.53 bits per heavy atom. The zero-order valence-corrected chi connectivity index (χ0v) is 9.91. The Kier molecular flexibility index (Phi) is 3.76. The van der Waals surface area contributed by atoms with Gasteiger partial charge in [0.05, 0.1) is 6.20 Å². The topological polar surface area (TPSA) is 43.8 Å². The summed E-state index contributed by atoms with van der Waals surface area (Å²) in [5, 5.41) is 4.19. The van der Waals surface area contributed by atoms with E-state index in [1.165, 1.54) is 0 Å². The van der Waals surface area contributed by atoms with Gasteiger partial charge in [0.2, 0.25) is 5.92 Å². The molecule has 1 aliphatic carbocycles. The van der Waals surface area contributed by atoms with Crippen LogP contribution in [-0.4, -0.2) is 22.2 Å². The lowest BCUT2D eigenvalue weighted by Gasteiger charge is -2.28. The van der Waals surface area contributed by atoms with Crippen LogP contribution in [0.2, 0.25) is 0 Å². The zero-order valence-electron chi connectivity index (χ0n) is 9.91. The van der Waals surface area contributed by atoms with E-state index in [0.29, 0.717) is 19.5 Å². The highest BCUT2D eigenvalue weighted by molar-refractivity contribution is 5.04. The lowest BCUT2D eigenvalue weighted by Crippen LogP contribution is -2.28. The Balaban J connectivity index is 1.91. The van der Waals surface area contributed by atoms with Gasteiger partial charge >= 0.3 is 0 Å². The van der Waals surface area contributed by atoms with E-state index in [-0.39, 0.29) is 18.8 Å². The molecule has 0 aromatic carbocycles. The normalized spacial score (nSPS) is 23.8. The van der Waals surface area contributed by atoms with Crippen LogP contribution >= 0.6 is 0 Å². The van der Waals surface area contributed by atoms with Crippen LogP contribution in [0.15, 0.2) is 12.4 Å². The van der Waals surface area contributed by atoms with E-state index in [0.717, 1.165) is 18.4 Å². The van der Waals surface area contributed by atoms with Crippen LogP contribution in [0.5, 0.6) is 0 Å². The van der Waals surface area contributed by atoms with Gasteiger partial charge in [0, 0.05) is 25.6 Å². The second kappa shape index (κ2) is 5.12. The predicted octanol–water partition coefficient (Wildman–Crippen LogP) is 2.21. The summed E-state index contributed by atoms with van der Waals surface area (Å²) in [5.41, 5.74) is 6.53. The molecule has 1 aromatic heterocycles. The molecule has 0 amide bonds. The van der Waals surface area contributed by atoms with Crippen molar-refractivity contribution in [2.75, 3.05) is 6.54 Å². The molecule has 2 N–H and O–H groups in total. The first-order valence-electron chi connectivity index (χ1n) is 6.18. The van der Waals surface area contributed by atoms with E-state index in [2.05, 4.69) is 5.10 Å². The Morgan fingerprint density at radius 3 is 3.06 bits per heavy atom. The highest BCUT2D eigenvalue weighted by atomic mass is 19.3. The van der Waals surface area contributed by atoms with Crippen LogP contribution in [0, 0.1) is 5.92 Å². The molecule has 1 saturated carbocycles. The molecule has 1 atom stereocenters. The fourth-order valence-electron chi connectivity index (χ4n) is 2.50. The second-order valence-corrected chi connectivity index (χ2v) is 4.93. The average molecular weight is 243 g/mol. The van der Waals surface area contributed by atoms with Gasteiger partial charge in [-0.3, -0.25) is 4.68 Å². The van der Waals surface area contributed by atoms with Gasteiger partial charge in [0.15, 0.2) is 0 Å². The largest absolute Gasteiger partial charge is 0.330 e. The molecule has 1 heterocycles. The van der Waals surface area contributed by atoms with Crippen molar-refractivity contribution in [2.45, 2.75) is 44.6 Å². The van der Waals surface area contributed by atoms with E-state index in [9.17, 15) is 8.78 Å². The molecule has 1 aliphatic rings. The molecule has 2 rings (SSSR count). The first kappa shape index (κ1) is 12.5. The van der Waals surface area contributed by atoms with Crippen LogP contribution in [0.1, 0.15) is 31.2 Å². The number of nitrogens with zero attached hydrogens (tertiary/aromatic N) is 2. The number of hydrogen-bond acceptors (Lipinski definition) is 2. The minimum Gasteiger partial charge on any atom is -0.330 e. The Hall–Kier alpha value is -0.970. The number of rotatable bonds is 4. The van der Waals surface area contributed by atoms with Crippen LogP contribution in [0.3, 0.4) is 0 Å². The summed E-state index contributed by atoms with van der Waals surface area (Å²) in [7, 11) is 0. The summed E-state index contributed by atoms with van der Waals surface area (Å²) in [6.07, 6.45) is 6.02. The molecule has 17 heavy (non-hydrogen) atoms. The summed E-state index contributed by atoms with van der Waals surface area (Å²) in [6, 6.07) is 0. The molecule has 0 aliphatic heterocycles. The lowest BCUT2D eigenvalue weighted by molar-refractivity contribution is -0.0551. The van der Waals surface area contributed by atoms with Crippen molar-refractivity contribution in [3.05, 3.63) is 18.0 Å². The molecule has 3 nitrogen and oxygen atoms in total. The number of halogens is 2. The third-order valence-corrected chi connectivity index (χ3v) is 3.31. The minimum atomic E-state index is -2.48. The Labute approximate surface area is 100.0 Å². The van der Waals surface area contributed by atoms with Gasteiger partial charge in [0.25, 0.3) is 0 Å². The maximum atomic E-state index is 13.2. The molecule has 5 heteroatoms. The number of aromatic nitrogens is 2. The molecule has 0 radical (unpaired) electrons. The van der Waals surface area contributed by atoms with Crippen molar-refractivity contribution in [1.82, 2.24) is 9.78 Å². The Bertz CT molecular complexity index is 362. The molecule has 0 spiro atoms. The van der Waals surface area contributed by atoms with Crippen molar-refractivity contribution < 1.29 is 8.78 Å². The molecular weight excluding hydrogens is 224 g/mol. The van der Waals surface area contributed by atoms with Crippen molar-refractivity contribution in [1.29, 1.82) is 0 Å². The lowest BCUT2D eigenvalue weighted by atomic mass is 9.86. The van der Waals surface area contributed by atoms with Crippen LogP contribution < -0.4 is 5.73 Å². The van der Waals surface area contributed by atoms with E-state index >= 15 is 0 Å². The van der Waals surface area contributed by atoms with E-state index in [4.69, 9.17) is 5.73 Å². The molecule has 0 bridgehead atoms. The molecule has 1 unspecified atom stereocenters. The summed E-state index contributed by atoms with van der Waals surface area (Å²) in [4.78, 5) is 0. The molecule has 0 saturated heterocycles. The number of hydrogen-bond donors (Lipinski definition) is 1. The fraction of sp³-hybridized carbons (Fsp3) is 0.750. The van der Waals surface area contributed by atoms with Gasteiger partial charge in [-0.15, -0.1) is 0 Å². The van der Waals surface area contributed by atoms with Crippen molar-refractivity contribution in [2.24, 2.45) is 11.7 Å². The summed E-state index contributed by atoms with van der Waals surface area (Å²) >= 11 is 0. The molecule has 96 valence electrons. The van der Waals surface area contributed by atoms with Crippen molar-refractivity contribution in [3.8, 4) is 0 Å². The highest BCUT2D eigenvalue weighted by Gasteiger charge is 2.36. The predicted molar refractivity (Wildman–Crippen MR) is 61.9 cm³/mol. The van der Waals surface area contributed by atoms with Gasteiger partial charge in [0.1, 0.15) is 0 Å². The van der Waals surface area contributed by atoms with Crippen molar-refractivity contribution >= 4 is 0 Å². The smallest absolute Gasteiger partial charge is 0.248 e. The van der Waals surface area contributed by atoms with Crippen LogP contribution in [0.4, 0.5) is 8.78 Å². The summed E-state index contributed by atoms with van der Waals surface area (Å²) in [6.45, 7) is 1.19. The van der Waals surface area contributed by atoms with Gasteiger partial charge in [-0.2, -0.15) is 5.10 Å². The fourth-order valence-corrected chi connectivity index (χ4v) is 2.50. The number of alkyl halides is 2. The van der Waals surface area contributed by atoms with E-state index in [1.54, 1.807) is 10.9 Å². The van der Waals surface area contributed by atoms with E-state index in [1.807, 2.05) is 6.20 Å². The maximum Gasteiger partial charge on any atom is 0.248 e. The first-order valence-corrected chi connectivity index (χ1v) is 6.18. The third kappa shape index (κ3) is 3.49. The standard InChI is InChI=1S/C12H19F2N3/c13-12(14)4-1-2-10(6-12)8-17-9-11(3-5-15)7-16-17/h7,9-10H,1-6,8,15H2. The molecule has 1 fully saturated rings. The second-order valence-electron chi connectivity index (χ2n) is 4.93. The van der Waals surface area contributed by atoms with E-state index < -0.39 is 5.92 Å². The summed E-state index contributed by atoms with van der Waals surface area (Å²) < 4.78 is 28.2. The SMILES string of the molecule is NCCc1cnn(CC2CCCC(F)(F)C2)c1.